The maximum atomic E-state index is 13.2. The molecule has 1 N–H and O–H groups in total. The molecule has 0 radical (unpaired) electrons. The molecule has 1 saturated heterocycles. The van der Waals surface area contributed by atoms with Gasteiger partial charge in [0.25, 0.3) is 0 Å². The standard InChI is InChI=1S/C14H17FO3/c15-12-3-1-2-11(9-12)13(14(16)17)8-10-4-6-18-7-5-10/h1-3,9-10,13H,4-8H2,(H,16,17). The largest absolute Gasteiger partial charge is 0.481 e. The fraction of sp³-hybridized carbons (Fsp3) is 0.500. The second-order valence-corrected chi connectivity index (χ2v) is 4.74. The molecule has 3 nitrogen and oxygen atoms in total. The van der Waals surface area contributed by atoms with E-state index < -0.39 is 11.9 Å². The molecule has 0 bridgehead atoms. The van der Waals surface area contributed by atoms with Gasteiger partial charge in [0, 0.05) is 13.2 Å². The van der Waals surface area contributed by atoms with Crippen LogP contribution in [0.25, 0.3) is 0 Å². The zero-order valence-corrected chi connectivity index (χ0v) is 10.1. The Morgan fingerprint density at radius 3 is 2.78 bits per heavy atom. The first-order valence-electron chi connectivity index (χ1n) is 6.23. The molecule has 1 aromatic rings. The highest BCUT2D eigenvalue weighted by Crippen LogP contribution is 2.29. The van der Waals surface area contributed by atoms with E-state index in [0.29, 0.717) is 31.1 Å². The van der Waals surface area contributed by atoms with E-state index in [0.717, 1.165) is 12.8 Å². The molecule has 0 aromatic heterocycles. The van der Waals surface area contributed by atoms with E-state index in [1.54, 1.807) is 12.1 Å². The number of rotatable bonds is 4. The predicted octanol–water partition coefficient (Wildman–Crippen LogP) is 2.81. The van der Waals surface area contributed by atoms with Crippen LogP contribution in [0.15, 0.2) is 24.3 Å². The van der Waals surface area contributed by atoms with Gasteiger partial charge in [0.1, 0.15) is 5.82 Å². The highest BCUT2D eigenvalue weighted by atomic mass is 19.1. The molecule has 1 aromatic carbocycles. The summed E-state index contributed by atoms with van der Waals surface area (Å²) < 4.78 is 18.4. The van der Waals surface area contributed by atoms with Crippen molar-refractivity contribution in [3.63, 3.8) is 0 Å². The third-order valence-corrected chi connectivity index (χ3v) is 3.46. The average molecular weight is 252 g/mol. The quantitative estimate of drug-likeness (QED) is 0.896. The normalized spacial score (nSPS) is 18.5. The molecule has 98 valence electrons. The molecule has 0 saturated carbocycles. The van der Waals surface area contributed by atoms with Gasteiger partial charge in [-0.25, -0.2) is 4.39 Å². The Kier molecular flexibility index (Phi) is 4.31. The first-order chi connectivity index (χ1) is 8.66. The lowest BCUT2D eigenvalue weighted by molar-refractivity contribution is -0.139. The smallest absolute Gasteiger partial charge is 0.310 e. The Bertz CT molecular complexity index is 413. The monoisotopic (exact) mass is 252 g/mol. The van der Waals surface area contributed by atoms with E-state index in [1.807, 2.05) is 0 Å². The van der Waals surface area contributed by atoms with Gasteiger partial charge in [0.05, 0.1) is 5.92 Å². The van der Waals surface area contributed by atoms with Crippen molar-refractivity contribution in [3.05, 3.63) is 35.6 Å². The van der Waals surface area contributed by atoms with Crippen molar-refractivity contribution in [2.24, 2.45) is 5.92 Å². The molecule has 4 heteroatoms. The minimum atomic E-state index is -0.882. The van der Waals surface area contributed by atoms with Crippen molar-refractivity contribution >= 4 is 5.97 Å². The van der Waals surface area contributed by atoms with Gasteiger partial charge in [0.15, 0.2) is 0 Å². The number of carbonyl (C=O) groups is 1. The molecular formula is C14H17FO3. The highest BCUT2D eigenvalue weighted by Gasteiger charge is 2.25. The lowest BCUT2D eigenvalue weighted by atomic mass is 9.85. The van der Waals surface area contributed by atoms with Crippen LogP contribution in [0.1, 0.15) is 30.7 Å². The molecule has 1 atom stereocenters. The Morgan fingerprint density at radius 2 is 2.17 bits per heavy atom. The number of aliphatic carboxylic acids is 1. The SMILES string of the molecule is O=C(O)C(CC1CCOCC1)c1cccc(F)c1. The van der Waals surface area contributed by atoms with Crippen LogP contribution in [0.4, 0.5) is 4.39 Å². The van der Waals surface area contributed by atoms with Crippen molar-refractivity contribution in [3.8, 4) is 0 Å². The molecule has 1 fully saturated rings. The number of hydrogen-bond acceptors (Lipinski definition) is 2. The van der Waals surface area contributed by atoms with Crippen molar-refractivity contribution < 1.29 is 19.0 Å². The predicted molar refractivity (Wildman–Crippen MR) is 64.9 cm³/mol. The highest BCUT2D eigenvalue weighted by molar-refractivity contribution is 5.76. The molecule has 2 rings (SSSR count). The summed E-state index contributed by atoms with van der Waals surface area (Å²) in [7, 11) is 0. The third kappa shape index (κ3) is 3.29. The van der Waals surface area contributed by atoms with Crippen molar-refractivity contribution in [2.75, 3.05) is 13.2 Å². The maximum Gasteiger partial charge on any atom is 0.310 e. The molecular weight excluding hydrogens is 235 g/mol. The lowest BCUT2D eigenvalue weighted by Crippen LogP contribution is -2.21. The topological polar surface area (TPSA) is 46.5 Å². The minimum absolute atomic E-state index is 0.350. The van der Waals surface area contributed by atoms with Gasteiger partial charge in [-0.1, -0.05) is 12.1 Å². The zero-order valence-electron chi connectivity index (χ0n) is 10.1. The van der Waals surface area contributed by atoms with Crippen LogP contribution in [0.3, 0.4) is 0 Å². The zero-order chi connectivity index (χ0) is 13.0. The van der Waals surface area contributed by atoms with Crippen LogP contribution < -0.4 is 0 Å². The molecule has 0 amide bonds. The van der Waals surface area contributed by atoms with E-state index in [4.69, 9.17) is 4.74 Å². The van der Waals surface area contributed by atoms with E-state index in [1.165, 1.54) is 12.1 Å². The summed E-state index contributed by atoms with van der Waals surface area (Å²) in [5, 5.41) is 9.29. The van der Waals surface area contributed by atoms with Crippen molar-refractivity contribution in [1.29, 1.82) is 0 Å². The van der Waals surface area contributed by atoms with E-state index in [-0.39, 0.29) is 5.82 Å². The number of hydrogen-bond donors (Lipinski definition) is 1. The average Bonchev–Trinajstić information content (AvgIpc) is 2.37. The molecule has 18 heavy (non-hydrogen) atoms. The third-order valence-electron chi connectivity index (χ3n) is 3.46. The van der Waals surface area contributed by atoms with Crippen LogP contribution in [-0.4, -0.2) is 24.3 Å². The van der Waals surface area contributed by atoms with Crippen LogP contribution in [0.5, 0.6) is 0 Å². The van der Waals surface area contributed by atoms with Crippen LogP contribution in [-0.2, 0) is 9.53 Å². The van der Waals surface area contributed by atoms with Crippen molar-refractivity contribution in [2.45, 2.75) is 25.2 Å². The van der Waals surface area contributed by atoms with Crippen LogP contribution in [0, 0.1) is 11.7 Å². The number of halogens is 1. The second-order valence-electron chi connectivity index (χ2n) is 4.74. The van der Waals surface area contributed by atoms with Gasteiger partial charge in [0.2, 0.25) is 0 Å². The van der Waals surface area contributed by atoms with Gasteiger partial charge < -0.3 is 9.84 Å². The minimum Gasteiger partial charge on any atom is -0.481 e. The van der Waals surface area contributed by atoms with Gasteiger partial charge in [-0.3, -0.25) is 4.79 Å². The van der Waals surface area contributed by atoms with Gasteiger partial charge in [-0.05, 0) is 42.9 Å². The van der Waals surface area contributed by atoms with E-state index in [2.05, 4.69) is 0 Å². The van der Waals surface area contributed by atoms with Crippen LogP contribution >= 0.6 is 0 Å². The lowest BCUT2D eigenvalue weighted by Gasteiger charge is -2.25. The molecule has 1 aliphatic heterocycles. The fourth-order valence-corrected chi connectivity index (χ4v) is 2.42. The summed E-state index contributed by atoms with van der Waals surface area (Å²) in [5.41, 5.74) is 0.550. The van der Waals surface area contributed by atoms with E-state index >= 15 is 0 Å². The fourth-order valence-electron chi connectivity index (χ4n) is 2.42. The number of benzene rings is 1. The second kappa shape index (κ2) is 5.96. The Morgan fingerprint density at radius 1 is 1.44 bits per heavy atom. The Hall–Kier alpha value is -1.42. The summed E-state index contributed by atoms with van der Waals surface area (Å²) in [6.07, 6.45) is 2.33. The summed E-state index contributed by atoms with van der Waals surface area (Å²) in [5.74, 6) is -1.54. The number of ether oxygens (including phenoxy) is 1. The Labute approximate surface area is 106 Å². The summed E-state index contributed by atoms with van der Waals surface area (Å²) >= 11 is 0. The van der Waals surface area contributed by atoms with Gasteiger partial charge in [-0.2, -0.15) is 0 Å². The first-order valence-corrected chi connectivity index (χ1v) is 6.23. The molecule has 0 spiro atoms. The van der Waals surface area contributed by atoms with Gasteiger partial charge in [-0.15, -0.1) is 0 Å². The van der Waals surface area contributed by atoms with Crippen molar-refractivity contribution in [1.82, 2.24) is 0 Å². The number of carboxylic acid groups (broad SMARTS) is 1. The molecule has 0 aliphatic carbocycles. The Balaban J connectivity index is 2.10. The molecule has 1 heterocycles. The summed E-state index contributed by atoms with van der Waals surface area (Å²) in [6, 6.07) is 5.89. The summed E-state index contributed by atoms with van der Waals surface area (Å²) in [6.45, 7) is 1.39. The van der Waals surface area contributed by atoms with Crippen LogP contribution in [0.2, 0.25) is 0 Å². The van der Waals surface area contributed by atoms with Gasteiger partial charge >= 0.3 is 5.97 Å². The molecule has 1 unspecified atom stereocenters. The van der Waals surface area contributed by atoms with E-state index in [9.17, 15) is 14.3 Å². The number of carboxylic acids is 1. The first kappa shape index (κ1) is 13.0. The molecule has 1 aliphatic rings. The maximum absolute atomic E-state index is 13.2. The summed E-state index contributed by atoms with van der Waals surface area (Å²) in [4.78, 5) is 11.3.